The van der Waals surface area contributed by atoms with Crippen LogP contribution in [0.3, 0.4) is 0 Å². The highest BCUT2D eigenvalue weighted by Crippen LogP contribution is 2.21. The summed E-state index contributed by atoms with van der Waals surface area (Å²) in [5, 5.41) is 4.12. The lowest BCUT2D eigenvalue weighted by Gasteiger charge is -2.36. The van der Waals surface area contributed by atoms with E-state index in [0.717, 1.165) is 30.6 Å². The Hall–Kier alpha value is -2.51. The number of nitrogens with one attached hydrogen (secondary N) is 1. The molecule has 2 heterocycles. The zero-order chi connectivity index (χ0) is 21.5. The van der Waals surface area contributed by atoms with Gasteiger partial charge in [0.15, 0.2) is 11.7 Å². The van der Waals surface area contributed by atoms with E-state index in [2.05, 4.69) is 48.3 Å². The maximum atomic E-state index is 12.5. The highest BCUT2D eigenvalue weighted by molar-refractivity contribution is 6.30. The van der Waals surface area contributed by atoms with Crippen molar-refractivity contribution in [3.05, 3.63) is 59.0 Å². The summed E-state index contributed by atoms with van der Waals surface area (Å²) in [5.74, 6) is 1.21. The van der Waals surface area contributed by atoms with E-state index in [1.54, 1.807) is 12.1 Å². The maximum Gasteiger partial charge on any atom is 0.289 e. The minimum atomic E-state index is -0.0583. The third-order valence-corrected chi connectivity index (χ3v) is 5.48. The molecule has 1 aromatic heterocycles. The Morgan fingerprint density at radius 1 is 1.17 bits per heavy atom. The van der Waals surface area contributed by atoms with Gasteiger partial charge in [-0.05, 0) is 50.8 Å². The standard InChI is InChI=1S/C22H30ClN5O2/c1-4-24-22(25-16-19(26(2)3)17-7-9-18(23)10-8-17)28-13-11-27(12-14-28)21(29)20-6-5-15-30-20/h5-10,15,19H,4,11-14,16H2,1-3H3,(H,24,25). The van der Waals surface area contributed by atoms with Crippen LogP contribution in [0.5, 0.6) is 0 Å². The van der Waals surface area contributed by atoms with Gasteiger partial charge in [-0.25, -0.2) is 0 Å². The van der Waals surface area contributed by atoms with Gasteiger partial charge in [-0.15, -0.1) is 0 Å². The molecular weight excluding hydrogens is 402 g/mol. The molecule has 1 atom stereocenters. The van der Waals surface area contributed by atoms with Crippen LogP contribution < -0.4 is 5.32 Å². The molecule has 162 valence electrons. The minimum absolute atomic E-state index is 0.0583. The minimum Gasteiger partial charge on any atom is -0.459 e. The fraction of sp³-hybridized carbons (Fsp3) is 0.455. The third-order valence-electron chi connectivity index (χ3n) is 5.23. The number of carbonyl (C=O) groups excluding carboxylic acids is 1. The van der Waals surface area contributed by atoms with E-state index in [-0.39, 0.29) is 11.9 Å². The molecule has 0 saturated carbocycles. The van der Waals surface area contributed by atoms with Crippen molar-refractivity contribution in [3.63, 3.8) is 0 Å². The van der Waals surface area contributed by atoms with Gasteiger partial charge in [0.05, 0.1) is 18.8 Å². The molecule has 30 heavy (non-hydrogen) atoms. The summed E-state index contributed by atoms with van der Waals surface area (Å²) in [6, 6.07) is 11.5. The second kappa shape index (κ2) is 10.5. The first-order chi connectivity index (χ1) is 14.5. The first kappa shape index (κ1) is 22.2. The summed E-state index contributed by atoms with van der Waals surface area (Å²) in [6.07, 6.45) is 1.53. The van der Waals surface area contributed by atoms with Crippen molar-refractivity contribution in [2.45, 2.75) is 13.0 Å². The van der Waals surface area contributed by atoms with Crippen LogP contribution in [0.4, 0.5) is 0 Å². The van der Waals surface area contributed by atoms with Crippen LogP contribution in [0.1, 0.15) is 29.1 Å². The Labute approximate surface area is 183 Å². The highest BCUT2D eigenvalue weighted by Gasteiger charge is 2.25. The first-order valence-electron chi connectivity index (χ1n) is 10.3. The monoisotopic (exact) mass is 431 g/mol. The summed E-state index contributed by atoms with van der Waals surface area (Å²) < 4.78 is 5.24. The zero-order valence-electron chi connectivity index (χ0n) is 17.8. The fourth-order valence-corrected chi connectivity index (χ4v) is 3.65. The highest BCUT2D eigenvalue weighted by atomic mass is 35.5. The number of hydrogen-bond acceptors (Lipinski definition) is 4. The van der Waals surface area contributed by atoms with E-state index in [1.165, 1.54) is 11.8 Å². The molecule has 7 nitrogen and oxygen atoms in total. The number of benzene rings is 1. The van der Waals surface area contributed by atoms with Crippen LogP contribution in [0, 0.1) is 0 Å². The number of rotatable bonds is 6. The molecule has 1 fully saturated rings. The number of nitrogens with zero attached hydrogens (tertiary/aromatic N) is 4. The number of piperazine rings is 1. The predicted molar refractivity (Wildman–Crippen MR) is 120 cm³/mol. The van der Waals surface area contributed by atoms with E-state index >= 15 is 0 Å². The topological polar surface area (TPSA) is 64.3 Å². The van der Waals surface area contributed by atoms with Gasteiger partial charge < -0.3 is 24.4 Å². The van der Waals surface area contributed by atoms with Crippen molar-refractivity contribution in [2.75, 3.05) is 53.4 Å². The van der Waals surface area contributed by atoms with Crippen molar-refractivity contribution in [1.82, 2.24) is 20.0 Å². The maximum absolute atomic E-state index is 12.5. The zero-order valence-corrected chi connectivity index (χ0v) is 18.6. The van der Waals surface area contributed by atoms with Crippen molar-refractivity contribution >= 4 is 23.5 Å². The second-order valence-corrected chi connectivity index (χ2v) is 7.92. The molecule has 1 N–H and O–H groups in total. The number of amides is 1. The molecule has 1 aromatic carbocycles. The van der Waals surface area contributed by atoms with Gasteiger partial charge in [-0.1, -0.05) is 23.7 Å². The van der Waals surface area contributed by atoms with Gasteiger partial charge in [0.2, 0.25) is 0 Å². The molecule has 1 aliphatic rings. The van der Waals surface area contributed by atoms with Crippen LogP contribution in [-0.4, -0.2) is 79.9 Å². The molecule has 1 amide bonds. The van der Waals surface area contributed by atoms with Gasteiger partial charge in [0.1, 0.15) is 0 Å². The van der Waals surface area contributed by atoms with Gasteiger partial charge in [-0.2, -0.15) is 0 Å². The lowest BCUT2D eigenvalue weighted by molar-refractivity contribution is 0.0657. The molecule has 0 bridgehead atoms. The van der Waals surface area contributed by atoms with E-state index in [0.29, 0.717) is 25.4 Å². The average Bonchev–Trinajstić information content (AvgIpc) is 3.29. The summed E-state index contributed by atoms with van der Waals surface area (Å²) in [6.45, 7) is 6.21. The van der Waals surface area contributed by atoms with Crippen LogP contribution in [0.25, 0.3) is 0 Å². The summed E-state index contributed by atoms with van der Waals surface area (Å²) >= 11 is 6.04. The Morgan fingerprint density at radius 3 is 2.40 bits per heavy atom. The Balaban J connectivity index is 1.65. The normalized spacial score (nSPS) is 16.1. The molecule has 8 heteroatoms. The summed E-state index contributed by atoms with van der Waals surface area (Å²) in [7, 11) is 4.11. The summed E-state index contributed by atoms with van der Waals surface area (Å²) in [5.41, 5.74) is 1.18. The fourth-order valence-electron chi connectivity index (χ4n) is 3.53. The molecule has 0 aliphatic carbocycles. The average molecular weight is 432 g/mol. The van der Waals surface area contributed by atoms with Crippen LogP contribution >= 0.6 is 11.6 Å². The first-order valence-corrected chi connectivity index (χ1v) is 10.6. The number of halogens is 1. The van der Waals surface area contributed by atoms with Crippen molar-refractivity contribution in [3.8, 4) is 0 Å². The smallest absolute Gasteiger partial charge is 0.289 e. The SMILES string of the molecule is CCNC(=NCC(c1ccc(Cl)cc1)N(C)C)N1CCN(C(=O)c2ccco2)CC1. The predicted octanol–water partition coefficient (Wildman–Crippen LogP) is 2.96. The van der Waals surface area contributed by atoms with Crippen molar-refractivity contribution < 1.29 is 9.21 Å². The van der Waals surface area contributed by atoms with Gasteiger partial charge in [-0.3, -0.25) is 9.79 Å². The van der Waals surface area contributed by atoms with Gasteiger partial charge >= 0.3 is 0 Å². The van der Waals surface area contributed by atoms with Crippen LogP contribution in [0.2, 0.25) is 5.02 Å². The van der Waals surface area contributed by atoms with Crippen LogP contribution in [-0.2, 0) is 0 Å². The summed E-state index contributed by atoms with van der Waals surface area (Å²) in [4.78, 5) is 23.6. The van der Waals surface area contributed by atoms with Gasteiger partial charge in [0.25, 0.3) is 5.91 Å². The molecule has 1 saturated heterocycles. The lowest BCUT2D eigenvalue weighted by atomic mass is 10.1. The van der Waals surface area contributed by atoms with E-state index < -0.39 is 0 Å². The lowest BCUT2D eigenvalue weighted by Crippen LogP contribution is -2.53. The van der Waals surface area contributed by atoms with Crippen molar-refractivity contribution in [1.29, 1.82) is 0 Å². The molecule has 1 aliphatic heterocycles. The Kier molecular flexibility index (Phi) is 7.76. The second-order valence-electron chi connectivity index (χ2n) is 7.48. The number of likely N-dealkylation sites (N-methyl/N-ethyl adjacent to an activating group) is 1. The van der Waals surface area contributed by atoms with E-state index in [9.17, 15) is 4.79 Å². The molecular formula is C22H30ClN5O2. The largest absolute Gasteiger partial charge is 0.459 e. The molecule has 2 aromatic rings. The molecule has 3 rings (SSSR count). The number of carbonyl (C=O) groups is 1. The molecule has 0 spiro atoms. The van der Waals surface area contributed by atoms with Crippen molar-refractivity contribution in [2.24, 2.45) is 4.99 Å². The number of furan rings is 1. The third kappa shape index (κ3) is 5.55. The van der Waals surface area contributed by atoms with E-state index in [4.69, 9.17) is 21.0 Å². The number of hydrogen-bond donors (Lipinski definition) is 1. The van der Waals surface area contributed by atoms with E-state index in [1.807, 2.05) is 17.0 Å². The van der Waals surface area contributed by atoms with Gasteiger partial charge in [0, 0.05) is 37.7 Å². The Bertz CT molecular complexity index is 828. The quantitative estimate of drug-likeness (QED) is 0.562. The number of aliphatic imine (C=N–C) groups is 1. The van der Waals surface area contributed by atoms with Crippen LogP contribution in [0.15, 0.2) is 52.1 Å². The Morgan fingerprint density at radius 2 is 1.83 bits per heavy atom. The molecule has 0 radical (unpaired) electrons. The molecule has 1 unspecified atom stereocenters. The number of guanidine groups is 1.